The molecule has 0 atom stereocenters. The van der Waals surface area contributed by atoms with E-state index in [2.05, 4.69) is 20.4 Å². The van der Waals surface area contributed by atoms with E-state index in [-0.39, 0.29) is 5.91 Å². The minimum absolute atomic E-state index is 0.0455. The van der Waals surface area contributed by atoms with Crippen LogP contribution in [0.25, 0.3) is 17.0 Å². The maximum Gasteiger partial charge on any atom is 0.231 e. The Morgan fingerprint density at radius 2 is 2.12 bits per heavy atom. The van der Waals surface area contributed by atoms with Gasteiger partial charge >= 0.3 is 0 Å². The third-order valence-electron chi connectivity index (χ3n) is 4.93. The summed E-state index contributed by atoms with van der Waals surface area (Å²) in [6.07, 6.45) is 6.69. The van der Waals surface area contributed by atoms with Crippen molar-refractivity contribution in [3.8, 4) is 5.95 Å². The molecule has 4 rings (SSSR count). The largest absolute Gasteiger partial charge is 0.322 e. The number of hydrogen-bond donors (Lipinski definition) is 2. The molecule has 2 N–H and O–H groups in total. The fourth-order valence-corrected chi connectivity index (χ4v) is 3.63. The Balaban J connectivity index is 1.51. The van der Waals surface area contributed by atoms with Crippen LogP contribution < -0.4 is 5.32 Å². The number of aromatic nitrogens is 4. The molecule has 2 aromatic heterocycles. The van der Waals surface area contributed by atoms with Gasteiger partial charge in [0.2, 0.25) is 11.9 Å². The van der Waals surface area contributed by atoms with Crippen LogP contribution in [0, 0.1) is 12.8 Å². The Labute approximate surface area is 146 Å². The van der Waals surface area contributed by atoms with Crippen LogP contribution in [0.1, 0.15) is 44.2 Å². The Kier molecular flexibility index (Phi) is 4.26. The quantitative estimate of drug-likeness (QED) is 0.740. The van der Waals surface area contributed by atoms with E-state index < -0.39 is 0 Å². The number of aromatic amines is 1. The van der Waals surface area contributed by atoms with Crippen LogP contribution in [0.4, 0.5) is 5.82 Å². The zero-order chi connectivity index (χ0) is 17.2. The predicted octanol–water partition coefficient (Wildman–Crippen LogP) is 3.97. The average Bonchev–Trinajstić information content (AvgIpc) is 3.32. The van der Waals surface area contributed by atoms with Crippen LogP contribution in [0.5, 0.6) is 0 Å². The van der Waals surface area contributed by atoms with Crippen LogP contribution in [-0.2, 0) is 4.79 Å². The zero-order valence-corrected chi connectivity index (χ0v) is 14.5. The highest BCUT2D eigenvalue weighted by molar-refractivity contribution is 5.90. The summed E-state index contributed by atoms with van der Waals surface area (Å²) in [7, 11) is 0. The second-order valence-electron chi connectivity index (χ2n) is 6.90. The molecule has 1 fully saturated rings. The Hall–Kier alpha value is -2.63. The molecule has 0 radical (unpaired) electrons. The lowest BCUT2D eigenvalue weighted by Crippen LogP contribution is -2.16. The second-order valence-corrected chi connectivity index (χ2v) is 6.90. The number of imidazole rings is 1. The van der Waals surface area contributed by atoms with Gasteiger partial charge in [0.1, 0.15) is 5.82 Å². The smallest absolute Gasteiger partial charge is 0.231 e. The van der Waals surface area contributed by atoms with Crippen molar-refractivity contribution < 1.29 is 4.79 Å². The molecule has 1 saturated carbocycles. The summed E-state index contributed by atoms with van der Waals surface area (Å²) in [4.78, 5) is 20.2. The lowest BCUT2D eigenvalue weighted by Gasteiger charge is -2.09. The highest BCUT2D eigenvalue weighted by Crippen LogP contribution is 2.28. The summed E-state index contributed by atoms with van der Waals surface area (Å²) >= 11 is 0. The van der Waals surface area contributed by atoms with Gasteiger partial charge < -0.3 is 10.3 Å². The van der Waals surface area contributed by atoms with Crippen LogP contribution in [0.2, 0.25) is 0 Å². The molecule has 1 amide bonds. The minimum Gasteiger partial charge on any atom is -0.322 e. The van der Waals surface area contributed by atoms with E-state index in [1.807, 2.05) is 37.3 Å². The zero-order valence-electron chi connectivity index (χ0n) is 14.5. The molecule has 0 aliphatic heterocycles. The van der Waals surface area contributed by atoms with E-state index in [1.165, 1.54) is 25.7 Å². The first-order chi connectivity index (χ1) is 12.2. The van der Waals surface area contributed by atoms with Gasteiger partial charge in [0.25, 0.3) is 0 Å². The van der Waals surface area contributed by atoms with Crippen molar-refractivity contribution in [1.29, 1.82) is 0 Å². The third-order valence-corrected chi connectivity index (χ3v) is 4.93. The standard InChI is InChI=1S/C19H23N5O/c1-13-12-17(22-18(25)11-10-14-6-2-3-7-14)24(23-13)19-20-15-8-4-5-9-16(15)21-19/h4-5,8-9,12,14H,2-3,6-7,10-11H2,1H3,(H,20,21)(H,22,25). The fraction of sp³-hybridized carbons (Fsp3) is 0.421. The van der Waals surface area contributed by atoms with E-state index >= 15 is 0 Å². The van der Waals surface area contributed by atoms with Crippen molar-refractivity contribution in [2.45, 2.75) is 45.4 Å². The molecule has 1 aliphatic rings. The number of nitrogens with zero attached hydrogens (tertiary/aromatic N) is 3. The van der Waals surface area contributed by atoms with Gasteiger partial charge in [0.15, 0.2) is 0 Å². The number of H-pyrrole nitrogens is 1. The normalized spacial score (nSPS) is 15.1. The molecule has 130 valence electrons. The van der Waals surface area contributed by atoms with Crippen LogP contribution in [0.3, 0.4) is 0 Å². The van der Waals surface area contributed by atoms with Crippen LogP contribution >= 0.6 is 0 Å². The number of carbonyl (C=O) groups is 1. The van der Waals surface area contributed by atoms with Crippen molar-refractivity contribution in [1.82, 2.24) is 19.7 Å². The lowest BCUT2D eigenvalue weighted by atomic mass is 10.0. The molecule has 0 saturated heterocycles. The molecular formula is C19H23N5O. The monoisotopic (exact) mass is 337 g/mol. The summed E-state index contributed by atoms with van der Waals surface area (Å²) in [5.41, 5.74) is 2.67. The van der Waals surface area contributed by atoms with E-state index in [4.69, 9.17) is 0 Å². The molecule has 25 heavy (non-hydrogen) atoms. The molecule has 6 nitrogen and oxygen atoms in total. The number of anilines is 1. The summed E-state index contributed by atoms with van der Waals surface area (Å²) in [5, 5.41) is 7.47. The highest BCUT2D eigenvalue weighted by atomic mass is 16.1. The van der Waals surface area contributed by atoms with Crippen molar-refractivity contribution >= 4 is 22.8 Å². The molecule has 2 heterocycles. The molecule has 3 aromatic rings. The molecule has 1 aliphatic carbocycles. The predicted molar refractivity (Wildman–Crippen MR) is 97.8 cm³/mol. The van der Waals surface area contributed by atoms with Crippen molar-refractivity contribution in [3.63, 3.8) is 0 Å². The number of benzene rings is 1. The maximum atomic E-state index is 12.4. The van der Waals surface area contributed by atoms with Crippen LogP contribution in [-0.4, -0.2) is 25.7 Å². The summed E-state index contributed by atoms with van der Waals surface area (Å²) in [5.74, 6) is 2.03. The molecular weight excluding hydrogens is 314 g/mol. The first kappa shape index (κ1) is 15.9. The number of nitrogens with one attached hydrogen (secondary N) is 2. The van der Waals surface area contributed by atoms with E-state index in [0.29, 0.717) is 24.1 Å². The second kappa shape index (κ2) is 6.70. The Bertz CT molecular complexity index is 855. The molecule has 6 heteroatoms. The molecule has 0 spiro atoms. The first-order valence-corrected chi connectivity index (χ1v) is 9.01. The molecule has 0 bridgehead atoms. The first-order valence-electron chi connectivity index (χ1n) is 9.01. The van der Waals surface area contributed by atoms with Gasteiger partial charge in [-0.15, -0.1) is 0 Å². The van der Waals surface area contributed by atoms with Crippen molar-refractivity contribution in [2.75, 3.05) is 5.32 Å². The van der Waals surface area contributed by atoms with Gasteiger partial charge in [0, 0.05) is 12.5 Å². The van der Waals surface area contributed by atoms with Crippen molar-refractivity contribution in [2.24, 2.45) is 5.92 Å². The number of para-hydroxylation sites is 2. The number of amides is 1. The van der Waals surface area contributed by atoms with Gasteiger partial charge in [-0.05, 0) is 31.4 Å². The molecule has 0 unspecified atom stereocenters. The van der Waals surface area contributed by atoms with Gasteiger partial charge in [0.05, 0.1) is 16.7 Å². The highest BCUT2D eigenvalue weighted by Gasteiger charge is 2.18. The number of aryl methyl sites for hydroxylation is 1. The van der Waals surface area contributed by atoms with E-state index in [1.54, 1.807) is 4.68 Å². The van der Waals surface area contributed by atoms with Gasteiger partial charge in [-0.25, -0.2) is 4.98 Å². The number of hydrogen-bond acceptors (Lipinski definition) is 3. The third kappa shape index (κ3) is 3.43. The van der Waals surface area contributed by atoms with Crippen LogP contribution in [0.15, 0.2) is 30.3 Å². The Morgan fingerprint density at radius 3 is 2.92 bits per heavy atom. The number of carbonyl (C=O) groups excluding carboxylic acids is 1. The maximum absolute atomic E-state index is 12.4. The SMILES string of the molecule is Cc1cc(NC(=O)CCC2CCCC2)n(-c2nc3ccccc3[nH]2)n1. The summed E-state index contributed by atoms with van der Waals surface area (Å²) in [6.45, 7) is 1.91. The van der Waals surface area contributed by atoms with E-state index in [9.17, 15) is 4.79 Å². The van der Waals surface area contributed by atoms with Crippen molar-refractivity contribution in [3.05, 3.63) is 36.0 Å². The average molecular weight is 337 g/mol. The topological polar surface area (TPSA) is 75.6 Å². The summed E-state index contributed by atoms with van der Waals surface area (Å²) < 4.78 is 1.67. The number of rotatable bonds is 5. The summed E-state index contributed by atoms with van der Waals surface area (Å²) in [6, 6.07) is 9.71. The number of fused-ring (bicyclic) bond motifs is 1. The van der Waals surface area contributed by atoms with Gasteiger partial charge in [-0.3, -0.25) is 4.79 Å². The molecule has 1 aromatic carbocycles. The lowest BCUT2D eigenvalue weighted by molar-refractivity contribution is -0.116. The van der Waals surface area contributed by atoms with Gasteiger partial charge in [-0.2, -0.15) is 9.78 Å². The fourth-order valence-electron chi connectivity index (χ4n) is 3.63. The Morgan fingerprint density at radius 1 is 1.32 bits per heavy atom. The van der Waals surface area contributed by atoms with E-state index in [0.717, 1.165) is 23.1 Å². The minimum atomic E-state index is 0.0455. The van der Waals surface area contributed by atoms with Gasteiger partial charge in [-0.1, -0.05) is 37.8 Å².